The van der Waals surface area contributed by atoms with Crippen LogP contribution >= 0.6 is 11.3 Å². The van der Waals surface area contributed by atoms with E-state index < -0.39 is 0 Å². The van der Waals surface area contributed by atoms with Gasteiger partial charge in [0, 0.05) is 40.1 Å². The van der Waals surface area contributed by atoms with Gasteiger partial charge in [-0.2, -0.15) is 0 Å². The van der Waals surface area contributed by atoms with Gasteiger partial charge in [0.25, 0.3) is 0 Å². The number of carbonyl (C=O) groups excluding carboxylic acids is 1. The molecule has 0 aliphatic carbocycles. The number of nitrogens with zero attached hydrogens (tertiary/aromatic N) is 1. The Kier molecular flexibility index (Phi) is 3.58. The summed E-state index contributed by atoms with van der Waals surface area (Å²) in [5.74, 6) is 0.221. The fourth-order valence-corrected chi connectivity index (χ4v) is 4.46. The maximum absolute atomic E-state index is 13.1. The van der Waals surface area contributed by atoms with Gasteiger partial charge in [0.15, 0.2) is 5.78 Å². The second-order valence-corrected chi connectivity index (χ2v) is 7.30. The molecule has 0 radical (unpaired) electrons. The zero-order valence-corrected chi connectivity index (χ0v) is 14.2. The van der Waals surface area contributed by atoms with Gasteiger partial charge in [0.2, 0.25) is 0 Å². The molecule has 0 saturated carbocycles. The Hall–Kier alpha value is -1.91. The van der Waals surface area contributed by atoms with E-state index in [0.717, 1.165) is 41.7 Å². The van der Waals surface area contributed by atoms with Crippen molar-refractivity contribution in [1.82, 2.24) is 9.88 Å². The molecule has 2 aromatic heterocycles. The predicted octanol–water partition coefficient (Wildman–Crippen LogP) is 4.17. The minimum atomic E-state index is -0.0963. The van der Waals surface area contributed by atoms with E-state index in [1.165, 1.54) is 10.4 Å². The van der Waals surface area contributed by atoms with Crippen molar-refractivity contribution < 1.29 is 4.79 Å². The number of hydrogen-bond donors (Lipinski definition) is 1. The highest BCUT2D eigenvalue weighted by molar-refractivity contribution is 7.10. The summed E-state index contributed by atoms with van der Waals surface area (Å²) >= 11 is 1.83. The number of H-pyrrole nitrogens is 1. The van der Waals surface area contributed by atoms with Crippen LogP contribution in [0.4, 0.5) is 0 Å². The Bertz CT molecular complexity index is 877. The lowest BCUT2D eigenvalue weighted by Gasteiger charge is -2.31. The summed E-state index contributed by atoms with van der Waals surface area (Å²) in [6.45, 7) is 5.88. The first-order valence-corrected chi connectivity index (χ1v) is 8.94. The number of hydrogen-bond acceptors (Lipinski definition) is 3. The molecule has 0 fully saturated rings. The highest BCUT2D eigenvalue weighted by Gasteiger charge is 2.28. The summed E-state index contributed by atoms with van der Waals surface area (Å²) < 4.78 is 0. The zero-order valence-electron chi connectivity index (χ0n) is 13.4. The number of fused-ring (bicyclic) bond motifs is 2. The molecule has 1 N–H and O–H groups in total. The second-order valence-electron chi connectivity index (χ2n) is 6.30. The number of aryl methyl sites for hydroxylation is 1. The van der Waals surface area contributed by atoms with Crippen LogP contribution in [0.1, 0.15) is 33.4 Å². The number of nitrogens with one attached hydrogen (secondary N) is 1. The highest BCUT2D eigenvalue weighted by atomic mass is 32.1. The molecule has 3 nitrogen and oxygen atoms in total. The molecule has 23 heavy (non-hydrogen) atoms. The molecule has 0 unspecified atom stereocenters. The molecule has 0 saturated heterocycles. The van der Waals surface area contributed by atoms with Gasteiger partial charge in [0.05, 0.1) is 6.04 Å². The number of Topliss-reactive ketones (excluding diaryl/α,β-unsaturated/α-hetero) is 1. The van der Waals surface area contributed by atoms with Crippen LogP contribution in [0.15, 0.2) is 35.7 Å². The first-order valence-electron chi connectivity index (χ1n) is 8.06. The molecule has 0 amide bonds. The molecule has 118 valence electrons. The molecule has 1 aliphatic rings. The zero-order chi connectivity index (χ0) is 16.0. The Morgan fingerprint density at radius 1 is 1.30 bits per heavy atom. The van der Waals surface area contributed by atoms with Crippen molar-refractivity contribution in [1.29, 1.82) is 0 Å². The molecule has 0 bridgehead atoms. The largest absolute Gasteiger partial charge is 0.358 e. The molecule has 3 aromatic rings. The number of aromatic nitrogens is 1. The van der Waals surface area contributed by atoms with Gasteiger partial charge in [-0.3, -0.25) is 9.69 Å². The summed E-state index contributed by atoms with van der Waals surface area (Å²) in [7, 11) is 0. The molecular weight excluding hydrogens is 304 g/mol. The van der Waals surface area contributed by atoms with E-state index in [4.69, 9.17) is 0 Å². The maximum Gasteiger partial charge on any atom is 0.182 e. The molecule has 1 aliphatic heterocycles. The van der Waals surface area contributed by atoms with Crippen molar-refractivity contribution in [3.05, 3.63) is 57.4 Å². The van der Waals surface area contributed by atoms with Crippen molar-refractivity contribution in [2.24, 2.45) is 0 Å². The molecule has 4 heteroatoms. The minimum Gasteiger partial charge on any atom is -0.358 e. The van der Waals surface area contributed by atoms with Gasteiger partial charge >= 0.3 is 0 Å². The quantitative estimate of drug-likeness (QED) is 0.734. The van der Waals surface area contributed by atoms with E-state index in [0.29, 0.717) is 0 Å². The number of thiophene rings is 1. The van der Waals surface area contributed by atoms with Gasteiger partial charge in [-0.25, -0.2) is 0 Å². The average Bonchev–Trinajstić information content (AvgIpc) is 3.15. The Balaban J connectivity index is 1.65. The predicted molar refractivity (Wildman–Crippen MR) is 95.3 cm³/mol. The van der Waals surface area contributed by atoms with Crippen LogP contribution in [-0.4, -0.2) is 28.3 Å². The number of para-hydroxylation sites is 1. The summed E-state index contributed by atoms with van der Waals surface area (Å²) in [6, 6.07) is 10.2. The summed E-state index contributed by atoms with van der Waals surface area (Å²) in [4.78, 5) is 20.3. The van der Waals surface area contributed by atoms with Gasteiger partial charge in [0.1, 0.15) is 0 Å². The molecule has 1 atom stereocenters. The molecule has 4 rings (SSSR count). The van der Waals surface area contributed by atoms with Crippen LogP contribution in [0.3, 0.4) is 0 Å². The Labute approximate surface area is 139 Å². The lowest BCUT2D eigenvalue weighted by atomic mass is 9.99. The van der Waals surface area contributed by atoms with E-state index in [1.54, 1.807) is 0 Å². The molecular formula is C19H20N2OS. The van der Waals surface area contributed by atoms with E-state index >= 15 is 0 Å². The fraction of sp³-hybridized carbons (Fsp3) is 0.316. The lowest BCUT2D eigenvalue weighted by molar-refractivity contribution is 0.0822. The van der Waals surface area contributed by atoms with Crippen LogP contribution in [-0.2, 0) is 13.0 Å². The number of benzene rings is 1. The van der Waals surface area contributed by atoms with Crippen LogP contribution in [0.2, 0.25) is 0 Å². The minimum absolute atomic E-state index is 0.0963. The van der Waals surface area contributed by atoms with Gasteiger partial charge in [-0.1, -0.05) is 18.2 Å². The Morgan fingerprint density at radius 2 is 2.13 bits per heavy atom. The van der Waals surface area contributed by atoms with Crippen LogP contribution < -0.4 is 0 Å². The average molecular weight is 324 g/mol. The van der Waals surface area contributed by atoms with Crippen molar-refractivity contribution in [2.75, 3.05) is 6.54 Å². The SMILES string of the molecule is Cc1[nH]c2ccccc2c1C(=O)[C@@H](C)N1CCc2sccc2C1. The third kappa shape index (κ3) is 2.42. The molecule has 0 spiro atoms. The maximum atomic E-state index is 13.1. The van der Waals surface area contributed by atoms with Gasteiger partial charge in [-0.15, -0.1) is 11.3 Å². The molecule has 1 aromatic carbocycles. The number of carbonyl (C=O) groups is 1. The first-order chi connectivity index (χ1) is 11.1. The van der Waals surface area contributed by atoms with E-state index in [-0.39, 0.29) is 11.8 Å². The summed E-state index contributed by atoms with van der Waals surface area (Å²) in [5, 5.41) is 3.19. The van der Waals surface area contributed by atoms with Gasteiger partial charge < -0.3 is 4.98 Å². The van der Waals surface area contributed by atoms with Crippen molar-refractivity contribution >= 4 is 28.0 Å². The fourth-order valence-electron chi connectivity index (χ4n) is 3.57. The number of rotatable bonds is 3. The monoisotopic (exact) mass is 324 g/mol. The van der Waals surface area contributed by atoms with Crippen molar-refractivity contribution in [3.63, 3.8) is 0 Å². The molecule has 3 heterocycles. The van der Waals surface area contributed by atoms with Crippen LogP contribution in [0, 0.1) is 6.92 Å². The summed E-state index contributed by atoms with van der Waals surface area (Å²) in [6.07, 6.45) is 1.05. The highest BCUT2D eigenvalue weighted by Crippen LogP contribution is 2.28. The topological polar surface area (TPSA) is 36.1 Å². The summed E-state index contributed by atoms with van der Waals surface area (Å²) in [5.41, 5.74) is 4.25. The van der Waals surface area contributed by atoms with Crippen LogP contribution in [0.25, 0.3) is 10.9 Å². The second kappa shape index (κ2) is 5.62. The number of ketones is 1. The van der Waals surface area contributed by atoms with E-state index in [2.05, 4.69) is 21.3 Å². The van der Waals surface area contributed by atoms with Gasteiger partial charge in [-0.05, 0) is 43.3 Å². The Morgan fingerprint density at radius 3 is 3.00 bits per heavy atom. The normalized spacial score (nSPS) is 16.4. The lowest BCUT2D eigenvalue weighted by Crippen LogP contribution is -2.41. The van der Waals surface area contributed by atoms with E-state index in [1.807, 2.05) is 49.4 Å². The smallest absolute Gasteiger partial charge is 0.182 e. The number of aromatic amines is 1. The van der Waals surface area contributed by atoms with Crippen LogP contribution in [0.5, 0.6) is 0 Å². The third-order valence-corrected chi connectivity index (χ3v) is 5.93. The third-order valence-electron chi connectivity index (χ3n) is 4.90. The standard InChI is InChI=1S/C19H20N2OS/c1-12-18(15-5-3-4-6-16(15)20-12)19(22)13(2)21-9-7-17-14(11-21)8-10-23-17/h3-6,8,10,13,20H,7,9,11H2,1-2H3/t13-/m1/s1. The van der Waals surface area contributed by atoms with Crippen molar-refractivity contribution in [2.45, 2.75) is 32.9 Å². The van der Waals surface area contributed by atoms with Crippen molar-refractivity contribution in [3.8, 4) is 0 Å². The first kappa shape index (κ1) is 14.7. The van der Waals surface area contributed by atoms with E-state index in [9.17, 15) is 4.79 Å².